The van der Waals surface area contributed by atoms with Crippen LogP contribution in [-0.4, -0.2) is 88.3 Å². The molecule has 1 aliphatic carbocycles. The Labute approximate surface area is 226 Å². The first-order valence-corrected chi connectivity index (χ1v) is 16.0. The van der Waals surface area contributed by atoms with Gasteiger partial charge >= 0.3 is 15.2 Å². The number of ether oxygens (including phenoxy) is 1. The van der Waals surface area contributed by atoms with Crippen molar-refractivity contribution >= 4 is 43.8 Å². The molecule has 1 spiro atoms. The Bertz CT molecular complexity index is 1500. The monoisotopic (exact) mass is 601 g/mol. The summed E-state index contributed by atoms with van der Waals surface area (Å²) in [6, 6.07) is 8.41. The molecule has 6 rings (SSSR count). The van der Waals surface area contributed by atoms with E-state index in [1.807, 2.05) is 12.1 Å². The molecule has 2 aliphatic heterocycles. The van der Waals surface area contributed by atoms with Crippen molar-refractivity contribution in [2.75, 3.05) is 30.5 Å². The lowest BCUT2D eigenvalue weighted by Gasteiger charge is -2.49. The predicted octanol–water partition coefficient (Wildman–Crippen LogP) is 1.04. The van der Waals surface area contributed by atoms with Crippen LogP contribution in [-0.2, 0) is 31.2 Å². The molecular formula is C22H26ClN5O9P2. The lowest BCUT2D eigenvalue weighted by atomic mass is 9.77. The third-order valence-electron chi connectivity index (χ3n) is 7.39. The second-order valence-corrected chi connectivity index (χ2v) is 14.7. The van der Waals surface area contributed by atoms with Crippen molar-refractivity contribution in [1.82, 2.24) is 19.5 Å². The Balaban J connectivity index is 1.20. The second-order valence-electron chi connectivity index (χ2n) is 10.4. The van der Waals surface area contributed by atoms with Gasteiger partial charge in [-0.1, -0.05) is 24.3 Å². The number of nitrogens with zero attached hydrogens (tertiary/aromatic N) is 5. The number of fused-ring (bicyclic) bond motifs is 2. The summed E-state index contributed by atoms with van der Waals surface area (Å²) in [7, 11) is -9.51. The Morgan fingerprint density at radius 2 is 1.74 bits per heavy atom. The molecule has 2 saturated heterocycles. The quantitative estimate of drug-likeness (QED) is 0.190. The topological polar surface area (TPSA) is 201 Å². The van der Waals surface area contributed by atoms with Crippen LogP contribution in [0.3, 0.4) is 0 Å². The molecule has 1 aromatic carbocycles. The molecule has 5 atom stereocenters. The van der Waals surface area contributed by atoms with Crippen LogP contribution < -0.4 is 4.90 Å². The van der Waals surface area contributed by atoms with Gasteiger partial charge < -0.3 is 39.1 Å². The van der Waals surface area contributed by atoms with Crippen LogP contribution in [0.5, 0.6) is 0 Å². The van der Waals surface area contributed by atoms with Crippen molar-refractivity contribution in [2.24, 2.45) is 5.41 Å². The maximum Gasteiger partial charge on any atom is 0.340 e. The summed E-state index contributed by atoms with van der Waals surface area (Å²) in [5, 5.41) is 21.1. The number of imidazole rings is 1. The zero-order valence-electron chi connectivity index (χ0n) is 20.3. The van der Waals surface area contributed by atoms with E-state index in [0.29, 0.717) is 11.3 Å². The average molecular weight is 602 g/mol. The van der Waals surface area contributed by atoms with E-state index in [2.05, 4.69) is 32.0 Å². The van der Waals surface area contributed by atoms with Crippen molar-refractivity contribution in [2.45, 2.75) is 37.4 Å². The highest BCUT2D eigenvalue weighted by Crippen LogP contribution is 2.55. The third kappa shape index (κ3) is 5.15. The van der Waals surface area contributed by atoms with Crippen LogP contribution in [0.4, 0.5) is 5.82 Å². The standard InChI is InChI=1S/C22H26ClN5O9P2/c23-21-25-18(27-8-22(9-27)5-12-3-1-2-4-13(12)6-22)15-19(26-21)28(10-24-15)20-17(30)16(29)14(37-20)7-36-39(34,35)11-38(31,32)33/h1-4,10,14,16-17,20,29-30H,5-9,11H2,(H,34,35)(H2,31,32,33)/t14-,16?,17?,20-/m1/s1. The van der Waals surface area contributed by atoms with Crippen LogP contribution in [0, 0.1) is 5.41 Å². The van der Waals surface area contributed by atoms with Crippen molar-refractivity contribution < 1.29 is 43.3 Å². The molecule has 3 unspecified atom stereocenters. The number of rotatable bonds is 7. The smallest absolute Gasteiger partial charge is 0.340 e. The number of anilines is 1. The molecule has 210 valence electrons. The Hall–Kier alpha value is -1.96. The van der Waals surface area contributed by atoms with Crippen LogP contribution in [0.15, 0.2) is 30.6 Å². The van der Waals surface area contributed by atoms with Gasteiger partial charge in [0.05, 0.1) is 12.9 Å². The van der Waals surface area contributed by atoms with Crippen LogP contribution in [0.2, 0.25) is 5.28 Å². The Morgan fingerprint density at radius 3 is 2.38 bits per heavy atom. The molecule has 0 amide bonds. The molecular weight excluding hydrogens is 576 g/mol. The fourth-order valence-electron chi connectivity index (χ4n) is 5.75. The molecule has 3 aromatic rings. The SMILES string of the molecule is O=P(O)(O)CP(=O)(O)OC[C@H]1O[C@@H](n2cnc3c(N4CC5(Cc6ccccc6C5)C4)nc(Cl)nc32)C(O)C1O. The summed E-state index contributed by atoms with van der Waals surface area (Å²) in [5.41, 5.74) is 3.51. The maximum atomic E-state index is 12.0. The van der Waals surface area contributed by atoms with E-state index in [1.165, 1.54) is 22.0 Å². The summed E-state index contributed by atoms with van der Waals surface area (Å²) in [6.45, 7) is 0.815. The van der Waals surface area contributed by atoms with Gasteiger partial charge in [0, 0.05) is 18.5 Å². The third-order valence-corrected chi connectivity index (χ3v) is 11.0. The zero-order chi connectivity index (χ0) is 27.7. The minimum atomic E-state index is -4.83. The van der Waals surface area contributed by atoms with Crippen molar-refractivity contribution in [3.63, 3.8) is 0 Å². The van der Waals surface area contributed by atoms with Crippen LogP contribution >= 0.6 is 26.8 Å². The van der Waals surface area contributed by atoms with Gasteiger partial charge in [-0.25, -0.2) is 4.98 Å². The molecule has 3 aliphatic rings. The van der Waals surface area contributed by atoms with Crippen LogP contribution in [0.25, 0.3) is 11.2 Å². The summed E-state index contributed by atoms with van der Waals surface area (Å²) in [5.74, 6) is -0.847. The van der Waals surface area contributed by atoms with Gasteiger partial charge in [-0.15, -0.1) is 0 Å². The lowest BCUT2D eigenvalue weighted by molar-refractivity contribution is -0.0483. The zero-order valence-corrected chi connectivity index (χ0v) is 22.9. The summed E-state index contributed by atoms with van der Waals surface area (Å²) < 4.78 is 34.9. The lowest BCUT2D eigenvalue weighted by Crippen LogP contribution is -2.57. The van der Waals surface area contributed by atoms with E-state index < -0.39 is 52.2 Å². The number of aliphatic hydroxyl groups excluding tert-OH is 2. The number of benzene rings is 1. The van der Waals surface area contributed by atoms with Gasteiger partial charge in [-0.05, 0) is 35.6 Å². The molecule has 14 nitrogen and oxygen atoms in total. The Morgan fingerprint density at radius 1 is 1.08 bits per heavy atom. The first-order chi connectivity index (χ1) is 18.3. The average Bonchev–Trinajstić information content (AvgIpc) is 3.49. The molecule has 2 fully saturated rings. The Kier molecular flexibility index (Phi) is 6.67. The van der Waals surface area contributed by atoms with Gasteiger partial charge in [0.15, 0.2) is 29.1 Å². The molecule has 4 heterocycles. The van der Waals surface area contributed by atoms with Gasteiger partial charge in [-0.2, -0.15) is 9.97 Å². The number of aromatic nitrogens is 4. The van der Waals surface area contributed by atoms with E-state index in [9.17, 15) is 24.2 Å². The largest absolute Gasteiger partial charge is 0.387 e. The molecule has 5 N–H and O–H groups in total. The van der Waals surface area contributed by atoms with E-state index in [4.69, 9.17) is 30.6 Å². The highest BCUT2D eigenvalue weighted by molar-refractivity contribution is 7.70. The molecule has 2 aromatic heterocycles. The number of hydrogen-bond donors (Lipinski definition) is 5. The highest BCUT2D eigenvalue weighted by atomic mass is 35.5. The van der Waals surface area contributed by atoms with E-state index >= 15 is 0 Å². The maximum absolute atomic E-state index is 12.0. The van der Waals surface area contributed by atoms with Gasteiger partial charge in [0.25, 0.3) is 0 Å². The predicted molar refractivity (Wildman–Crippen MR) is 137 cm³/mol. The molecule has 0 bridgehead atoms. The van der Waals surface area contributed by atoms with Crippen molar-refractivity contribution in [1.29, 1.82) is 0 Å². The van der Waals surface area contributed by atoms with Gasteiger partial charge in [0.1, 0.15) is 18.3 Å². The first kappa shape index (κ1) is 27.2. The number of halogens is 1. The fourth-order valence-corrected chi connectivity index (χ4v) is 8.48. The summed E-state index contributed by atoms with van der Waals surface area (Å²) in [4.78, 5) is 42.8. The van der Waals surface area contributed by atoms with Crippen molar-refractivity contribution in [3.05, 3.63) is 47.0 Å². The minimum absolute atomic E-state index is 0.0403. The molecule has 0 saturated carbocycles. The first-order valence-electron chi connectivity index (χ1n) is 12.1. The molecule has 17 heteroatoms. The van der Waals surface area contributed by atoms with Gasteiger partial charge in [0.2, 0.25) is 5.28 Å². The van der Waals surface area contributed by atoms with Crippen LogP contribution in [0.1, 0.15) is 17.4 Å². The normalized spacial score (nSPS) is 27.6. The summed E-state index contributed by atoms with van der Waals surface area (Å²) in [6.07, 6.45) is -2.20. The summed E-state index contributed by atoms with van der Waals surface area (Å²) >= 11 is 6.27. The molecule has 0 radical (unpaired) electrons. The number of hydrogen-bond acceptors (Lipinski definition) is 10. The van der Waals surface area contributed by atoms with E-state index in [0.717, 1.165) is 25.9 Å². The number of aliphatic hydroxyl groups is 2. The second kappa shape index (κ2) is 9.56. The van der Waals surface area contributed by atoms with E-state index in [1.54, 1.807) is 0 Å². The molecule has 39 heavy (non-hydrogen) atoms. The van der Waals surface area contributed by atoms with E-state index in [-0.39, 0.29) is 16.3 Å². The van der Waals surface area contributed by atoms with Crippen molar-refractivity contribution in [3.8, 4) is 0 Å². The fraction of sp³-hybridized carbons (Fsp3) is 0.500. The highest BCUT2D eigenvalue weighted by Gasteiger charge is 2.49. The van der Waals surface area contributed by atoms with Gasteiger partial charge in [-0.3, -0.25) is 13.7 Å². The minimum Gasteiger partial charge on any atom is -0.387 e.